The van der Waals surface area contributed by atoms with E-state index in [1.54, 1.807) is 48.5 Å². The van der Waals surface area contributed by atoms with E-state index in [0.29, 0.717) is 27.7 Å². The molecule has 12 heteroatoms. The summed E-state index contributed by atoms with van der Waals surface area (Å²) < 4.78 is 26.2. The number of carboxylic acid groups (broad SMARTS) is 1. The minimum Gasteiger partial charge on any atom is -0.480 e. The molecule has 9 nitrogen and oxygen atoms in total. The van der Waals surface area contributed by atoms with Gasteiger partial charge in [-0.15, -0.1) is 0 Å². The van der Waals surface area contributed by atoms with Crippen LogP contribution in [0.2, 0.25) is 10.0 Å². The molecule has 206 valence electrons. The Morgan fingerprint density at radius 1 is 0.875 bits per heavy atom. The molecule has 4 aromatic rings. The number of nitrogens with one attached hydrogen (secondary N) is 3. The number of pyridine rings is 1. The van der Waals surface area contributed by atoms with Crippen LogP contribution in [0.1, 0.15) is 11.1 Å². The van der Waals surface area contributed by atoms with Gasteiger partial charge in [-0.2, -0.15) is 0 Å². The van der Waals surface area contributed by atoms with E-state index in [1.807, 2.05) is 0 Å². The van der Waals surface area contributed by atoms with Crippen molar-refractivity contribution in [3.8, 4) is 0 Å². The lowest BCUT2D eigenvalue weighted by Gasteiger charge is -2.17. The number of carboxylic acids is 1. The predicted octanol–water partition coefficient (Wildman–Crippen LogP) is 5.65. The van der Waals surface area contributed by atoms with E-state index in [0.717, 1.165) is 5.69 Å². The number of anilines is 2. The number of para-hydroxylation sites is 1. The Kier molecular flexibility index (Phi) is 9.26. The van der Waals surface area contributed by atoms with Crippen molar-refractivity contribution in [3.63, 3.8) is 0 Å². The highest BCUT2D eigenvalue weighted by Crippen LogP contribution is 2.28. The van der Waals surface area contributed by atoms with Gasteiger partial charge in [0.05, 0.1) is 25.5 Å². The number of halogens is 2. The van der Waals surface area contributed by atoms with Crippen LogP contribution in [0.5, 0.6) is 0 Å². The van der Waals surface area contributed by atoms with Gasteiger partial charge in [-0.1, -0.05) is 65.7 Å². The zero-order valence-corrected chi connectivity index (χ0v) is 23.2. The quantitative estimate of drug-likeness (QED) is 0.185. The van der Waals surface area contributed by atoms with E-state index in [4.69, 9.17) is 23.2 Å². The van der Waals surface area contributed by atoms with E-state index in [1.165, 1.54) is 42.7 Å². The van der Waals surface area contributed by atoms with E-state index in [2.05, 4.69) is 20.9 Å². The number of sulfone groups is 1. The molecule has 4 N–H and O–H groups in total. The molecule has 0 aliphatic rings. The number of hydrogen-bond donors (Lipinski definition) is 4. The summed E-state index contributed by atoms with van der Waals surface area (Å²) in [6.07, 6.45) is 3.00. The van der Waals surface area contributed by atoms with E-state index < -0.39 is 27.9 Å². The Balaban J connectivity index is 1.41. The first-order valence-corrected chi connectivity index (χ1v) is 14.2. The second-order valence-corrected chi connectivity index (χ2v) is 11.4. The molecule has 3 aromatic carbocycles. The fourth-order valence-electron chi connectivity index (χ4n) is 3.84. The number of hydrogen-bond acceptors (Lipinski definition) is 6. The van der Waals surface area contributed by atoms with Crippen LogP contribution in [0.15, 0.2) is 101 Å². The standard InChI is InChI=1S/C28H24Cl2N4O5S/c29-22-16-31-17-23(30)21(22)15-32-19-12-10-18(11-13-19)14-25(27(35)36)34-28(37)33-24-8-4-5-9-26(24)40(38,39)20-6-2-1-3-7-20/h1-13,16-17,25,32H,14-15H2,(H,35,36)(H2,33,34,37)/t25-/m0/s1. The van der Waals surface area contributed by atoms with Gasteiger partial charge in [0.1, 0.15) is 6.04 Å². The maximum Gasteiger partial charge on any atom is 0.326 e. The number of benzene rings is 3. The van der Waals surface area contributed by atoms with Crippen LogP contribution in [0.4, 0.5) is 16.2 Å². The molecule has 0 saturated carbocycles. The first kappa shape index (κ1) is 28.9. The zero-order chi connectivity index (χ0) is 28.7. The van der Waals surface area contributed by atoms with Gasteiger partial charge in [0, 0.05) is 36.6 Å². The molecule has 4 rings (SSSR count). The topological polar surface area (TPSA) is 137 Å². The number of nitrogens with zero attached hydrogens (tertiary/aromatic N) is 1. The van der Waals surface area contributed by atoms with Crippen molar-refractivity contribution in [2.75, 3.05) is 10.6 Å². The third kappa shape index (κ3) is 7.09. The lowest BCUT2D eigenvalue weighted by molar-refractivity contribution is -0.139. The van der Waals surface area contributed by atoms with Crippen LogP contribution in [0.25, 0.3) is 0 Å². The number of aromatic nitrogens is 1. The maximum atomic E-state index is 13.1. The second-order valence-electron chi connectivity index (χ2n) is 8.64. The van der Waals surface area contributed by atoms with Crippen molar-refractivity contribution in [3.05, 3.63) is 112 Å². The molecule has 1 heterocycles. The molecule has 2 amide bonds. The SMILES string of the molecule is O=C(Nc1ccccc1S(=O)(=O)c1ccccc1)N[C@@H](Cc1ccc(NCc2c(Cl)cncc2Cl)cc1)C(=O)O. The predicted molar refractivity (Wildman–Crippen MR) is 154 cm³/mol. The van der Waals surface area contributed by atoms with Crippen LogP contribution >= 0.6 is 23.2 Å². The summed E-state index contributed by atoms with van der Waals surface area (Å²) in [5.74, 6) is -1.25. The molecular formula is C28H24Cl2N4O5S. The minimum absolute atomic E-state index is 0.00496. The highest BCUT2D eigenvalue weighted by molar-refractivity contribution is 7.91. The van der Waals surface area contributed by atoms with Crippen LogP contribution in [0, 0.1) is 0 Å². The lowest BCUT2D eigenvalue weighted by Crippen LogP contribution is -2.44. The van der Waals surface area contributed by atoms with Gasteiger partial charge >= 0.3 is 12.0 Å². The Morgan fingerprint density at radius 2 is 1.50 bits per heavy atom. The van der Waals surface area contributed by atoms with Crippen molar-refractivity contribution < 1.29 is 23.1 Å². The minimum atomic E-state index is -3.92. The van der Waals surface area contributed by atoms with E-state index in [-0.39, 0.29) is 21.9 Å². The number of carbonyl (C=O) groups excluding carboxylic acids is 1. The van der Waals surface area contributed by atoms with Crippen molar-refractivity contribution >= 4 is 56.4 Å². The average molecular weight is 599 g/mol. The second kappa shape index (κ2) is 12.8. The normalized spacial score (nSPS) is 11.8. The van der Waals surface area contributed by atoms with Crippen LogP contribution in [0.3, 0.4) is 0 Å². The van der Waals surface area contributed by atoms with Crippen molar-refractivity contribution in [2.24, 2.45) is 0 Å². The molecule has 0 aliphatic carbocycles. The molecule has 0 fully saturated rings. The molecule has 0 spiro atoms. The molecule has 0 radical (unpaired) electrons. The summed E-state index contributed by atoms with van der Waals surface area (Å²) in [4.78, 5) is 28.5. The highest BCUT2D eigenvalue weighted by Gasteiger charge is 2.24. The number of rotatable bonds is 10. The fraction of sp³-hybridized carbons (Fsp3) is 0.107. The largest absolute Gasteiger partial charge is 0.480 e. The monoisotopic (exact) mass is 598 g/mol. The Morgan fingerprint density at radius 3 is 2.15 bits per heavy atom. The molecule has 0 saturated heterocycles. The number of carbonyl (C=O) groups is 2. The van der Waals surface area contributed by atoms with Gasteiger partial charge in [-0.3, -0.25) is 4.98 Å². The molecule has 0 aliphatic heterocycles. The first-order chi connectivity index (χ1) is 19.1. The fourth-order valence-corrected chi connectivity index (χ4v) is 5.77. The molecule has 0 unspecified atom stereocenters. The third-order valence-electron chi connectivity index (χ3n) is 5.90. The summed E-state index contributed by atoms with van der Waals surface area (Å²) >= 11 is 12.3. The summed E-state index contributed by atoms with van der Waals surface area (Å²) in [5.41, 5.74) is 2.13. The van der Waals surface area contributed by atoms with Crippen LogP contribution in [-0.2, 0) is 27.6 Å². The van der Waals surface area contributed by atoms with E-state index in [9.17, 15) is 23.1 Å². The van der Waals surface area contributed by atoms with Gasteiger partial charge in [-0.05, 0) is 42.0 Å². The zero-order valence-electron chi connectivity index (χ0n) is 20.8. The van der Waals surface area contributed by atoms with Gasteiger partial charge in [-0.25, -0.2) is 18.0 Å². The molecule has 0 bridgehead atoms. The summed E-state index contributed by atoms with van der Waals surface area (Å²) in [7, 11) is -3.92. The summed E-state index contributed by atoms with van der Waals surface area (Å²) in [5, 5.41) is 18.7. The lowest BCUT2D eigenvalue weighted by atomic mass is 10.1. The van der Waals surface area contributed by atoms with E-state index >= 15 is 0 Å². The molecule has 1 atom stereocenters. The highest BCUT2D eigenvalue weighted by atomic mass is 35.5. The van der Waals surface area contributed by atoms with Crippen molar-refractivity contribution in [2.45, 2.75) is 28.8 Å². The van der Waals surface area contributed by atoms with Crippen LogP contribution < -0.4 is 16.0 Å². The molecule has 40 heavy (non-hydrogen) atoms. The average Bonchev–Trinajstić information content (AvgIpc) is 2.94. The van der Waals surface area contributed by atoms with Crippen LogP contribution in [-0.4, -0.2) is 36.6 Å². The van der Waals surface area contributed by atoms with Gasteiger partial charge in [0.25, 0.3) is 0 Å². The number of urea groups is 1. The third-order valence-corrected chi connectivity index (χ3v) is 8.38. The first-order valence-electron chi connectivity index (χ1n) is 12.0. The Bertz CT molecular complexity index is 1600. The van der Waals surface area contributed by atoms with Crippen molar-refractivity contribution in [1.82, 2.24) is 10.3 Å². The Hall–Kier alpha value is -4.12. The summed E-state index contributed by atoms with van der Waals surface area (Å²) in [6, 6.07) is 18.6. The number of aliphatic carboxylic acids is 1. The van der Waals surface area contributed by atoms with Gasteiger partial charge in [0.2, 0.25) is 9.84 Å². The molecule has 1 aromatic heterocycles. The van der Waals surface area contributed by atoms with Crippen molar-refractivity contribution in [1.29, 1.82) is 0 Å². The Labute approximate surface area is 241 Å². The number of amides is 2. The summed E-state index contributed by atoms with van der Waals surface area (Å²) in [6.45, 7) is 0.362. The van der Waals surface area contributed by atoms with Gasteiger partial charge in [0.15, 0.2) is 0 Å². The maximum absolute atomic E-state index is 13.1. The smallest absolute Gasteiger partial charge is 0.326 e. The molecular weight excluding hydrogens is 575 g/mol. The van der Waals surface area contributed by atoms with Gasteiger partial charge < -0.3 is 21.1 Å².